The summed E-state index contributed by atoms with van der Waals surface area (Å²) in [5.74, 6) is -1.37. The van der Waals surface area contributed by atoms with E-state index in [4.69, 9.17) is 4.74 Å². The van der Waals surface area contributed by atoms with Gasteiger partial charge < -0.3 is 9.64 Å². The average molecular weight is 396 g/mol. The summed E-state index contributed by atoms with van der Waals surface area (Å²) in [5, 5.41) is 0. The predicted molar refractivity (Wildman–Crippen MR) is 106 cm³/mol. The Balaban J connectivity index is 1.84. The molecule has 2 heterocycles. The molecule has 1 saturated heterocycles. The third kappa shape index (κ3) is 4.62. The third-order valence-corrected chi connectivity index (χ3v) is 5.10. The number of esters is 1. The Kier molecular flexibility index (Phi) is 6.59. The molecule has 1 aromatic carbocycles. The second-order valence-corrected chi connectivity index (χ2v) is 6.93. The molecule has 1 aliphatic heterocycles. The molecule has 1 aromatic heterocycles. The number of Topliss-reactive ketones (excluding diaryl/α,β-unsaturated/α-hetero) is 1. The average Bonchev–Trinajstić information content (AvgIpc) is 2.76. The van der Waals surface area contributed by atoms with E-state index in [0.29, 0.717) is 38.1 Å². The first-order valence-corrected chi connectivity index (χ1v) is 9.74. The standard InChI is InChI=1S/C22H24N2O5/c1-2-29-22(28)17-11-14-23(15-12-17)21(27)19(24-13-7-6-10-18(24)25)20(26)16-8-4-3-5-9-16/h3-10,13,17,19H,2,11-12,14-15H2,1H3/t19-/m0/s1. The van der Waals surface area contributed by atoms with Crippen LogP contribution in [0, 0.1) is 5.92 Å². The van der Waals surface area contributed by atoms with Crippen LogP contribution < -0.4 is 5.56 Å². The summed E-state index contributed by atoms with van der Waals surface area (Å²) in [6, 6.07) is 11.7. The van der Waals surface area contributed by atoms with E-state index in [0.717, 1.165) is 0 Å². The van der Waals surface area contributed by atoms with Gasteiger partial charge in [0.1, 0.15) is 0 Å². The van der Waals surface area contributed by atoms with Gasteiger partial charge in [0, 0.05) is 30.9 Å². The first-order chi connectivity index (χ1) is 14.0. The maximum absolute atomic E-state index is 13.3. The first-order valence-electron chi connectivity index (χ1n) is 9.74. The van der Waals surface area contributed by atoms with Crippen LogP contribution in [-0.4, -0.2) is 46.8 Å². The second-order valence-electron chi connectivity index (χ2n) is 6.93. The van der Waals surface area contributed by atoms with Crippen LogP contribution in [-0.2, 0) is 14.3 Å². The summed E-state index contributed by atoms with van der Waals surface area (Å²) < 4.78 is 6.24. The van der Waals surface area contributed by atoms with Crippen LogP contribution in [0.4, 0.5) is 0 Å². The van der Waals surface area contributed by atoms with Gasteiger partial charge in [-0.3, -0.25) is 23.7 Å². The number of amides is 1. The molecule has 0 aliphatic carbocycles. The molecule has 29 heavy (non-hydrogen) atoms. The highest BCUT2D eigenvalue weighted by Gasteiger charge is 2.36. The van der Waals surface area contributed by atoms with Gasteiger partial charge in [-0.05, 0) is 25.8 Å². The monoisotopic (exact) mass is 396 g/mol. The molecule has 1 fully saturated rings. The minimum Gasteiger partial charge on any atom is -0.466 e. The van der Waals surface area contributed by atoms with Crippen LogP contribution in [0.2, 0.25) is 0 Å². The van der Waals surface area contributed by atoms with E-state index in [9.17, 15) is 19.2 Å². The predicted octanol–water partition coefficient (Wildman–Crippen LogP) is 2.07. The second kappa shape index (κ2) is 9.32. The van der Waals surface area contributed by atoms with Crippen molar-refractivity contribution >= 4 is 17.7 Å². The molecule has 0 unspecified atom stereocenters. The Labute approximate surface area is 168 Å². The van der Waals surface area contributed by atoms with Crippen LogP contribution in [0.5, 0.6) is 0 Å². The molecule has 2 aromatic rings. The van der Waals surface area contributed by atoms with Gasteiger partial charge in [-0.2, -0.15) is 0 Å². The van der Waals surface area contributed by atoms with Crippen LogP contribution in [0.3, 0.4) is 0 Å². The van der Waals surface area contributed by atoms with Crippen molar-refractivity contribution in [2.45, 2.75) is 25.8 Å². The number of pyridine rings is 1. The Bertz CT molecular complexity index is 929. The van der Waals surface area contributed by atoms with E-state index in [1.165, 1.54) is 16.8 Å². The van der Waals surface area contributed by atoms with Crippen LogP contribution in [0.15, 0.2) is 59.5 Å². The van der Waals surface area contributed by atoms with E-state index in [2.05, 4.69) is 0 Å². The summed E-state index contributed by atoms with van der Waals surface area (Å²) in [6.45, 7) is 2.75. The van der Waals surface area contributed by atoms with Gasteiger partial charge in [-0.15, -0.1) is 0 Å². The molecular formula is C22H24N2O5. The quantitative estimate of drug-likeness (QED) is 0.424. The highest BCUT2D eigenvalue weighted by atomic mass is 16.5. The van der Waals surface area contributed by atoms with Crippen molar-refractivity contribution < 1.29 is 19.1 Å². The van der Waals surface area contributed by atoms with Crippen molar-refractivity contribution in [3.63, 3.8) is 0 Å². The zero-order valence-corrected chi connectivity index (χ0v) is 16.3. The number of ether oxygens (including phenoxy) is 1. The van der Waals surface area contributed by atoms with Gasteiger partial charge >= 0.3 is 5.97 Å². The molecule has 0 radical (unpaired) electrons. The first kappa shape index (κ1) is 20.5. The number of hydrogen-bond donors (Lipinski definition) is 0. The van der Waals surface area contributed by atoms with Crippen LogP contribution in [0.25, 0.3) is 0 Å². The molecule has 1 amide bonds. The molecule has 1 aliphatic rings. The van der Waals surface area contributed by atoms with Crippen LogP contribution in [0.1, 0.15) is 36.2 Å². The van der Waals surface area contributed by atoms with E-state index < -0.39 is 23.3 Å². The number of carbonyl (C=O) groups excluding carboxylic acids is 3. The van der Waals surface area contributed by atoms with Gasteiger partial charge in [-0.25, -0.2) is 0 Å². The minimum atomic E-state index is -1.27. The molecular weight excluding hydrogens is 372 g/mol. The molecule has 7 heteroatoms. The third-order valence-electron chi connectivity index (χ3n) is 5.10. The molecule has 0 spiro atoms. The number of nitrogens with zero attached hydrogens (tertiary/aromatic N) is 2. The zero-order valence-electron chi connectivity index (χ0n) is 16.3. The smallest absolute Gasteiger partial charge is 0.309 e. The van der Waals surface area contributed by atoms with Crippen molar-refractivity contribution in [1.29, 1.82) is 0 Å². The summed E-state index contributed by atoms with van der Waals surface area (Å²) in [7, 11) is 0. The fourth-order valence-corrected chi connectivity index (χ4v) is 3.54. The van der Waals surface area contributed by atoms with E-state index in [1.54, 1.807) is 54.3 Å². The minimum absolute atomic E-state index is 0.248. The molecule has 152 valence electrons. The van der Waals surface area contributed by atoms with E-state index in [1.807, 2.05) is 0 Å². The number of hydrogen-bond acceptors (Lipinski definition) is 5. The Morgan fingerprint density at radius 1 is 1.03 bits per heavy atom. The maximum Gasteiger partial charge on any atom is 0.309 e. The van der Waals surface area contributed by atoms with Crippen molar-refractivity contribution in [1.82, 2.24) is 9.47 Å². The number of carbonyl (C=O) groups is 3. The largest absolute Gasteiger partial charge is 0.466 e. The molecule has 0 saturated carbocycles. The zero-order chi connectivity index (χ0) is 20.8. The number of piperidine rings is 1. The lowest BCUT2D eigenvalue weighted by molar-refractivity contribution is -0.151. The Hall–Kier alpha value is -3.22. The number of aromatic nitrogens is 1. The van der Waals surface area contributed by atoms with Gasteiger partial charge in [0.2, 0.25) is 0 Å². The highest BCUT2D eigenvalue weighted by Crippen LogP contribution is 2.23. The van der Waals surface area contributed by atoms with Crippen molar-refractivity contribution in [3.8, 4) is 0 Å². The summed E-state index contributed by atoms with van der Waals surface area (Å²) in [6.07, 6.45) is 2.40. The summed E-state index contributed by atoms with van der Waals surface area (Å²) in [5.41, 5.74) is -0.0560. The van der Waals surface area contributed by atoms with Gasteiger partial charge in [0.15, 0.2) is 11.8 Å². The SMILES string of the molecule is CCOC(=O)C1CCN(C(=O)[C@H](C(=O)c2ccccc2)n2ccccc2=O)CC1. The molecule has 3 rings (SSSR count). The van der Waals surface area contributed by atoms with Crippen molar-refractivity contribution in [2.24, 2.45) is 5.92 Å². The Morgan fingerprint density at radius 2 is 1.69 bits per heavy atom. The lowest BCUT2D eigenvalue weighted by Crippen LogP contribution is -2.47. The Morgan fingerprint density at radius 3 is 2.31 bits per heavy atom. The molecule has 0 N–H and O–H groups in total. The van der Waals surface area contributed by atoms with Crippen molar-refractivity contribution in [3.05, 3.63) is 70.6 Å². The van der Waals surface area contributed by atoms with E-state index >= 15 is 0 Å². The number of ketones is 1. The summed E-state index contributed by atoms with van der Waals surface area (Å²) in [4.78, 5) is 52.3. The molecule has 1 atom stereocenters. The molecule has 0 bridgehead atoms. The van der Waals surface area contributed by atoms with Crippen LogP contribution >= 0.6 is 0 Å². The van der Waals surface area contributed by atoms with Gasteiger partial charge in [0.05, 0.1) is 12.5 Å². The fraction of sp³-hybridized carbons (Fsp3) is 0.364. The fourth-order valence-electron chi connectivity index (χ4n) is 3.54. The lowest BCUT2D eigenvalue weighted by Gasteiger charge is -2.33. The highest BCUT2D eigenvalue weighted by molar-refractivity contribution is 6.11. The topological polar surface area (TPSA) is 85.7 Å². The maximum atomic E-state index is 13.3. The summed E-state index contributed by atoms with van der Waals surface area (Å²) >= 11 is 0. The number of rotatable bonds is 6. The van der Waals surface area contributed by atoms with Gasteiger partial charge in [-0.1, -0.05) is 36.4 Å². The lowest BCUT2D eigenvalue weighted by atomic mass is 9.95. The van der Waals surface area contributed by atoms with Gasteiger partial charge in [0.25, 0.3) is 11.5 Å². The normalized spacial score (nSPS) is 15.6. The van der Waals surface area contributed by atoms with Crippen molar-refractivity contribution in [2.75, 3.05) is 19.7 Å². The molecule has 7 nitrogen and oxygen atoms in total. The number of benzene rings is 1. The van der Waals surface area contributed by atoms with E-state index in [-0.39, 0.29) is 11.9 Å². The number of likely N-dealkylation sites (tertiary alicyclic amines) is 1.